The number of hydrogen-bond donors (Lipinski definition) is 2. The molecule has 1 atom stereocenters. The fourth-order valence-electron chi connectivity index (χ4n) is 1.48. The molecule has 3 nitrogen and oxygen atoms in total. The highest BCUT2D eigenvalue weighted by Gasteiger charge is 2.29. The van der Waals surface area contributed by atoms with Crippen LogP contribution in [0, 0.1) is 11.6 Å². The first kappa shape index (κ1) is 13.9. The van der Waals surface area contributed by atoms with Crippen LogP contribution in [0.4, 0.5) is 8.78 Å². The molecule has 0 fully saturated rings. The Morgan fingerprint density at radius 1 is 1.29 bits per heavy atom. The summed E-state index contributed by atoms with van der Waals surface area (Å²) in [6, 6.07) is 1.43. The number of likely N-dealkylation sites (N-methyl/N-ethyl adjacent to an activating group) is 1. The molecule has 0 amide bonds. The smallest absolute Gasteiger partial charge is 0.165 e. The number of hydrogen-bond acceptors (Lipinski definition) is 3. The Labute approximate surface area is 100.0 Å². The van der Waals surface area contributed by atoms with Crippen molar-refractivity contribution in [3.63, 3.8) is 0 Å². The Morgan fingerprint density at radius 2 is 1.88 bits per heavy atom. The van der Waals surface area contributed by atoms with Gasteiger partial charge >= 0.3 is 0 Å². The van der Waals surface area contributed by atoms with E-state index >= 15 is 0 Å². The van der Waals surface area contributed by atoms with E-state index in [2.05, 4.69) is 5.32 Å². The lowest BCUT2D eigenvalue weighted by Gasteiger charge is -2.31. The zero-order valence-electron chi connectivity index (χ0n) is 10.5. The van der Waals surface area contributed by atoms with E-state index in [1.165, 1.54) is 7.11 Å². The second-order valence-electron chi connectivity index (χ2n) is 4.46. The van der Waals surface area contributed by atoms with E-state index in [-0.39, 0.29) is 11.3 Å². The van der Waals surface area contributed by atoms with Crippen molar-refractivity contribution in [2.45, 2.75) is 25.4 Å². The monoisotopic (exact) mass is 244 g/mol. The van der Waals surface area contributed by atoms with Crippen molar-refractivity contribution in [2.75, 3.05) is 14.2 Å². The zero-order chi connectivity index (χ0) is 13.2. The number of rotatable bonds is 4. The second-order valence-corrected chi connectivity index (χ2v) is 4.46. The molecule has 0 radical (unpaired) electrons. The molecule has 0 aliphatic carbocycles. The van der Waals surface area contributed by atoms with Crippen LogP contribution in [-0.2, 0) is 0 Å². The lowest BCUT2D eigenvalue weighted by atomic mass is 9.89. The van der Waals surface area contributed by atoms with Crippen LogP contribution in [0.25, 0.3) is 0 Å². The molecule has 96 valence electrons. The van der Waals surface area contributed by atoms with Crippen LogP contribution < -0.4 is 15.8 Å². The highest BCUT2D eigenvalue weighted by atomic mass is 19.1. The summed E-state index contributed by atoms with van der Waals surface area (Å²) in [5.41, 5.74) is 5.52. The maximum absolute atomic E-state index is 13.8. The van der Waals surface area contributed by atoms with Crippen LogP contribution in [-0.4, -0.2) is 19.7 Å². The summed E-state index contributed by atoms with van der Waals surface area (Å²) in [6.07, 6.45) is 0. The SMILES string of the molecule is CNC(C)(C)C(N)c1cc(F)c(OC)cc1F. The van der Waals surface area contributed by atoms with Gasteiger partial charge in [0, 0.05) is 17.2 Å². The third-order valence-electron chi connectivity index (χ3n) is 3.03. The Morgan fingerprint density at radius 3 is 2.35 bits per heavy atom. The van der Waals surface area contributed by atoms with E-state index in [1.807, 2.05) is 13.8 Å². The van der Waals surface area contributed by atoms with Gasteiger partial charge in [0.15, 0.2) is 11.6 Å². The van der Waals surface area contributed by atoms with Crippen molar-refractivity contribution in [3.05, 3.63) is 29.3 Å². The van der Waals surface area contributed by atoms with Gasteiger partial charge in [0.25, 0.3) is 0 Å². The average molecular weight is 244 g/mol. The quantitative estimate of drug-likeness (QED) is 0.851. The molecule has 0 aliphatic heterocycles. The highest BCUT2D eigenvalue weighted by molar-refractivity contribution is 5.33. The highest BCUT2D eigenvalue weighted by Crippen LogP contribution is 2.29. The molecular weight excluding hydrogens is 226 g/mol. The normalized spacial score (nSPS) is 13.6. The fraction of sp³-hybridized carbons (Fsp3) is 0.500. The predicted molar refractivity (Wildman–Crippen MR) is 63.0 cm³/mol. The molecular formula is C12H18F2N2O. The minimum atomic E-state index is -0.659. The van der Waals surface area contributed by atoms with Gasteiger partial charge in [-0.3, -0.25) is 0 Å². The van der Waals surface area contributed by atoms with Gasteiger partial charge in [-0.15, -0.1) is 0 Å². The Kier molecular flexibility index (Phi) is 4.06. The van der Waals surface area contributed by atoms with E-state index in [1.54, 1.807) is 7.05 Å². The first-order chi connectivity index (χ1) is 7.83. The van der Waals surface area contributed by atoms with E-state index in [0.717, 1.165) is 12.1 Å². The van der Waals surface area contributed by atoms with Crippen LogP contribution >= 0.6 is 0 Å². The standard InChI is InChI=1S/C12H18F2N2O/c1-12(2,16-3)11(15)7-5-9(14)10(17-4)6-8(7)13/h5-6,11,16H,15H2,1-4H3. The number of nitrogens with two attached hydrogens (primary N) is 1. The van der Waals surface area contributed by atoms with Gasteiger partial charge in [0.2, 0.25) is 0 Å². The number of ether oxygens (including phenoxy) is 1. The molecule has 3 N–H and O–H groups in total. The fourth-order valence-corrected chi connectivity index (χ4v) is 1.48. The summed E-state index contributed by atoms with van der Waals surface area (Å²) in [5, 5.41) is 2.97. The number of methoxy groups -OCH3 is 1. The molecule has 0 saturated heterocycles. The van der Waals surface area contributed by atoms with Crippen molar-refractivity contribution in [3.8, 4) is 5.75 Å². The van der Waals surface area contributed by atoms with Crippen molar-refractivity contribution in [2.24, 2.45) is 5.73 Å². The third-order valence-corrected chi connectivity index (χ3v) is 3.03. The first-order valence-corrected chi connectivity index (χ1v) is 5.31. The number of halogens is 2. The summed E-state index contributed by atoms with van der Waals surface area (Å²) >= 11 is 0. The van der Waals surface area contributed by atoms with E-state index in [0.29, 0.717) is 0 Å². The molecule has 5 heteroatoms. The second kappa shape index (κ2) is 4.98. The topological polar surface area (TPSA) is 47.3 Å². The molecule has 17 heavy (non-hydrogen) atoms. The molecule has 0 aromatic heterocycles. The average Bonchev–Trinajstić information content (AvgIpc) is 2.30. The minimum absolute atomic E-state index is 0.124. The summed E-state index contributed by atoms with van der Waals surface area (Å²) in [5.74, 6) is -1.31. The van der Waals surface area contributed by atoms with E-state index in [4.69, 9.17) is 10.5 Å². The molecule has 0 bridgehead atoms. The van der Waals surface area contributed by atoms with E-state index < -0.39 is 23.2 Å². The summed E-state index contributed by atoms with van der Waals surface area (Å²) in [7, 11) is 3.01. The van der Waals surface area contributed by atoms with Gasteiger partial charge in [-0.25, -0.2) is 8.78 Å². The van der Waals surface area contributed by atoms with Crippen LogP contribution in [0.2, 0.25) is 0 Å². The van der Waals surface area contributed by atoms with Gasteiger partial charge in [-0.1, -0.05) is 0 Å². The van der Waals surface area contributed by atoms with Gasteiger partial charge in [0.1, 0.15) is 5.82 Å². The molecule has 1 rings (SSSR count). The summed E-state index contributed by atoms with van der Waals surface area (Å²) in [6.45, 7) is 3.64. The van der Waals surface area contributed by atoms with Crippen LogP contribution in [0.3, 0.4) is 0 Å². The molecule has 0 spiro atoms. The van der Waals surface area contributed by atoms with Gasteiger partial charge in [0.05, 0.1) is 13.2 Å². The van der Waals surface area contributed by atoms with E-state index in [9.17, 15) is 8.78 Å². The number of benzene rings is 1. The molecule has 0 heterocycles. The van der Waals surface area contributed by atoms with Gasteiger partial charge in [-0.2, -0.15) is 0 Å². The predicted octanol–water partition coefficient (Wildman–Crippen LogP) is 1.97. The maximum atomic E-state index is 13.8. The first-order valence-electron chi connectivity index (χ1n) is 5.31. The minimum Gasteiger partial charge on any atom is -0.494 e. The number of nitrogens with one attached hydrogen (secondary N) is 1. The Bertz CT molecular complexity index is 408. The van der Waals surface area contributed by atoms with Crippen LogP contribution in [0.5, 0.6) is 5.75 Å². The van der Waals surface area contributed by atoms with Gasteiger partial charge < -0.3 is 15.8 Å². The van der Waals surface area contributed by atoms with Crippen molar-refractivity contribution < 1.29 is 13.5 Å². The largest absolute Gasteiger partial charge is 0.494 e. The summed E-state index contributed by atoms with van der Waals surface area (Å²) < 4.78 is 32.0. The lowest BCUT2D eigenvalue weighted by Crippen LogP contribution is -2.46. The molecule has 1 aromatic carbocycles. The Balaban J connectivity index is 3.19. The van der Waals surface area contributed by atoms with Gasteiger partial charge in [-0.05, 0) is 27.0 Å². The van der Waals surface area contributed by atoms with Crippen LogP contribution in [0.1, 0.15) is 25.5 Å². The zero-order valence-corrected chi connectivity index (χ0v) is 10.5. The Hall–Kier alpha value is -1.20. The van der Waals surface area contributed by atoms with Crippen molar-refractivity contribution in [1.29, 1.82) is 0 Å². The maximum Gasteiger partial charge on any atom is 0.165 e. The third kappa shape index (κ3) is 2.73. The van der Waals surface area contributed by atoms with Crippen molar-refractivity contribution in [1.82, 2.24) is 5.32 Å². The lowest BCUT2D eigenvalue weighted by molar-refractivity contribution is 0.336. The van der Waals surface area contributed by atoms with Crippen molar-refractivity contribution >= 4 is 0 Å². The van der Waals surface area contributed by atoms with Crippen LogP contribution in [0.15, 0.2) is 12.1 Å². The molecule has 1 unspecified atom stereocenters. The molecule has 0 aliphatic rings. The molecule has 0 saturated carbocycles. The molecule has 1 aromatic rings. The summed E-state index contributed by atoms with van der Waals surface area (Å²) in [4.78, 5) is 0.